The summed E-state index contributed by atoms with van der Waals surface area (Å²) in [5, 5.41) is 11.8. The fraction of sp³-hybridized carbons (Fsp3) is 0.167. The zero-order valence-corrected chi connectivity index (χ0v) is 18.4. The number of aromatic nitrogens is 5. The first-order valence-electron chi connectivity index (χ1n) is 10.4. The molecule has 0 fully saturated rings. The van der Waals surface area contributed by atoms with E-state index in [1.54, 1.807) is 35.1 Å². The van der Waals surface area contributed by atoms with Gasteiger partial charge in [-0.1, -0.05) is 24.3 Å². The molecule has 5 aromatic rings. The van der Waals surface area contributed by atoms with Gasteiger partial charge in [0.2, 0.25) is 5.91 Å². The van der Waals surface area contributed by atoms with Crippen molar-refractivity contribution in [3.05, 3.63) is 82.5 Å². The van der Waals surface area contributed by atoms with Crippen molar-refractivity contribution in [2.75, 3.05) is 12.4 Å². The zero-order chi connectivity index (χ0) is 23.1. The number of hydrogen-bond donors (Lipinski definition) is 1. The Labute approximate surface area is 188 Å². The van der Waals surface area contributed by atoms with Crippen LogP contribution in [0.4, 0.5) is 5.69 Å². The number of carbonyl (C=O) groups is 1. The number of amides is 1. The quantitative estimate of drug-likeness (QED) is 0.451. The lowest BCUT2D eigenvalue weighted by Crippen LogP contribution is -2.28. The van der Waals surface area contributed by atoms with Crippen molar-refractivity contribution >= 4 is 22.8 Å². The summed E-state index contributed by atoms with van der Waals surface area (Å²) in [6.07, 6.45) is 3.30. The van der Waals surface area contributed by atoms with Crippen molar-refractivity contribution in [3.63, 3.8) is 0 Å². The Hall–Kier alpha value is -4.40. The maximum Gasteiger partial charge on any atom is 0.350 e. The summed E-state index contributed by atoms with van der Waals surface area (Å²) in [6.45, 7) is 3.89. The molecule has 0 aliphatic heterocycles. The lowest BCUT2D eigenvalue weighted by atomic mass is 10.0. The average Bonchev–Trinajstić information content (AvgIpc) is 3.37. The highest BCUT2D eigenvalue weighted by molar-refractivity contribution is 5.92. The van der Waals surface area contributed by atoms with Crippen LogP contribution in [-0.4, -0.2) is 36.8 Å². The fourth-order valence-corrected chi connectivity index (χ4v) is 3.75. The number of hydrogen-bond acceptors (Lipinski definition) is 5. The standard InChI is InChI=1S/C24H22N6O3/c1-15-8-9-17(12-16(15)2)19-13-20-23-27-30(24(32)28(23)10-11-29(20)26-19)14-22(31)25-18-6-4-5-7-21(18)33-3/h4-13H,14H2,1-3H3,(H,25,31). The third kappa shape index (κ3) is 3.63. The van der Waals surface area contributed by atoms with E-state index >= 15 is 0 Å². The number of para-hydroxylation sites is 2. The van der Waals surface area contributed by atoms with Gasteiger partial charge in [-0.2, -0.15) is 5.10 Å². The van der Waals surface area contributed by atoms with E-state index in [9.17, 15) is 9.59 Å². The molecule has 1 N–H and O–H groups in total. The first-order chi connectivity index (χ1) is 15.9. The predicted molar refractivity (Wildman–Crippen MR) is 125 cm³/mol. The summed E-state index contributed by atoms with van der Waals surface area (Å²) in [4.78, 5) is 25.5. The molecule has 0 saturated heterocycles. The molecule has 0 aliphatic carbocycles. The van der Waals surface area contributed by atoms with Crippen LogP contribution >= 0.6 is 0 Å². The molecule has 3 aromatic heterocycles. The maximum absolute atomic E-state index is 12.9. The molecule has 166 valence electrons. The van der Waals surface area contributed by atoms with E-state index in [1.165, 1.54) is 22.6 Å². The van der Waals surface area contributed by atoms with Crippen LogP contribution in [0.2, 0.25) is 0 Å². The van der Waals surface area contributed by atoms with Crippen molar-refractivity contribution in [1.82, 2.24) is 23.8 Å². The molecule has 5 rings (SSSR count). The van der Waals surface area contributed by atoms with E-state index in [0.29, 0.717) is 22.6 Å². The van der Waals surface area contributed by atoms with Gasteiger partial charge in [-0.3, -0.25) is 4.79 Å². The number of methoxy groups -OCH3 is 1. The first-order valence-corrected chi connectivity index (χ1v) is 10.4. The monoisotopic (exact) mass is 442 g/mol. The number of nitrogens with zero attached hydrogens (tertiary/aromatic N) is 5. The van der Waals surface area contributed by atoms with Crippen LogP contribution in [-0.2, 0) is 11.3 Å². The van der Waals surface area contributed by atoms with Gasteiger partial charge in [0, 0.05) is 18.0 Å². The molecule has 0 aliphatic rings. The van der Waals surface area contributed by atoms with Gasteiger partial charge in [-0.25, -0.2) is 18.4 Å². The van der Waals surface area contributed by atoms with Gasteiger partial charge < -0.3 is 10.1 Å². The molecule has 0 unspecified atom stereocenters. The number of ether oxygens (including phenoxy) is 1. The van der Waals surface area contributed by atoms with Gasteiger partial charge in [0.05, 0.1) is 18.5 Å². The summed E-state index contributed by atoms with van der Waals surface area (Å²) in [7, 11) is 1.53. The minimum atomic E-state index is -0.406. The Bertz CT molecular complexity index is 1580. The van der Waals surface area contributed by atoms with E-state index in [0.717, 1.165) is 15.9 Å². The number of rotatable bonds is 5. The molecule has 0 radical (unpaired) electrons. The highest BCUT2D eigenvalue weighted by atomic mass is 16.5. The van der Waals surface area contributed by atoms with Crippen LogP contribution in [0.5, 0.6) is 5.75 Å². The minimum Gasteiger partial charge on any atom is -0.495 e. The molecule has 9 nitrogen and oxygen atoms in total. The highest BCUT2D eigenvalue weighted by Gasteiger charge is 2.16. The van der Waals surface area contributed by atoms with Crippen molar-refractivity contribution in [2.45, 2.75) is 20.4 Å². The number of nitrogens with one attached hydrogen (secondary N) is 1. The van der Waals surface area contributed by atoms with Crippen molar-refractivity contribution in [3.8, 4) is 17.0 Å². The summed E-state index contributed by atoms with van der Waals surface area (Å²) >= 11 is 0. The number of benzene rings is 2. The van der Waals surface area contributed by atoms with Gasteiger partial charge in [0.1, 0.15) is 17.8 Å². The van der Waals surface area contributed by atoms with Crippen LogP contribution in [0, 0.1) is 13.8 Å². The van der Waals surface area contributed by atoms with E-state index in [2.05, 4.69) is 41.5 Å². The van der Waals surface area contributed by atoms with Crippen LogP contribution in [0.25, 0.3) is 22.4 Å². The van der Waals surface area contributed by atoms with Gasteiger partial charge in [-0.15, -0.1) is 5.10 Å². The van der Waals surface area contributed by atoms with Crippen molar-refractivity contribution < 1.29 is 9.53 Å². The predicted octanol–water partition coefficient (Wildman–Crippen LogP) is 3.07. The van der Waals surface area contributed by atoms with E-state index in [4.69, 9.17) is 4.74 Å². The average molecular weight is 442 g/mol. The number of aryl methyl sites for hydroxylation is 2. The molecule has 2 aromatic carbocycles. The largest absolute Gasteiger partial charge is 0.495 e. The number of fused-ring (bicyclic) bond motifs is 3. The second-order valence-electron chi connectivity index (χ2n) is 7.84. The second kappa shape index (κ2) is 7.94. The molecule has 9 heteroatoms. The number of anilines is 1. The zero-order valence-electron chi connectivity index (χ0n) is 18.4. The Morgan fingerprint density at radius 2 is 1.85 bits per heavy atom. The molecular formula is C24H22N6O3. The SMILES string of the molecule is COc1ccccc1NC(=O)Cn1nc2c3cc(-c4ccc(C)c(C)c4)nn3ccn2c1=O. The van der Waals surface area contributed by atoms with Crippen molar-refractivity contribution in [2.24, 2.45) is 0 Å². The molecule has 0 bridgehead atoms. The van der Waals surface area contributed by atoms with E-state index < -0.39 is 5.69 Å². The van der Waals surface area contributed by atoms with Crippen LogP contribution in [0.1, 0.15) is 11.1 Å². The summed E-state index contributed by atoms with van der Waals surface area (Å²) in [5.74, 6) is 0.151. The molecule has 1 amide bonds. The highest BCUT2D eigenvalue weighted by Crippen LogP contribution is 2.24. The minimum absolute atomic E-state index is 0.233. The normalized spacial score (nSPS) is 11.2. The molecule has 0 spiro atoms. The summed E-state index contributed by atoms with van der Waals surface area (Å²) in [5.41, 5.74) is 5.37. The second-order valence-corrected chi connectivity index (χ2v) is 7.84. The smallest absolute Gasteiger partial charge is 0.350 e. The van der Waals surface area contributed by atoms with Crippen molar-refractivity contribution in [1.29, 1.82) is 0 Å². The van der Waals surface area contributed by atoms with Gasteiger partial charge >= 0.3 is 5.69 Å². The Balaban J connectivity index is 1.49. The molecule has 0 atom stereocenters. The third-order valence-electron chi connectivity index (χ3n) is 5.67. The maximum atomic E-state index is 12.9. The molecule has 3 heterocycles. The molecular weight excluding hydrogens is 420 g/mol. The van der Waals surface area contributed by atoms with Crippen LogP contribution in [0.15, 0.2) is 65.7 Å². The number of carbonyl (C=O) groups excluding carboxylic acids is 1. The van der Waals surface area contributed by atoms with Gasteiger partial charge in [0.25, 0.3) is 0 Å². The Kier molecular flexibility index (Phi) is 4.93. The molecule has 0 saturated carbocycles. The Morgan fingerprint density at radius 3 is 2.64 bits per heavy atom. The van der Waals surface area contributed by atoms with Crippen LogP contribution < -0.4 is 15.7 Å². The van der Waals surface area contributed by atoms with E-state index in [-0.39, 0.29) is 12.5 Å². The summed E-state index contributed by atoms with van der Waals surface area (Å²) < 4.78 is 9.50. The lowest BCUT2D eigenvalue weighted by molar-refractivity contribution is -0.117. The van der Waals surface area contributed by atoms with Gasteiger partial charge in [0.15, 0.2) is 5.65 Å². The summed E-state index contributed by atoms with van der Waals surface area (Å²) in [6, 6.07) is 15.1. The topological polar surface area (TPSA) is 94.9 Å². The van der Waals surface area contributed by atoms with Crippen LogP contribution in [0.3, 0.4) is 0 Å². The van der Waals surface area contributed by atoms with Gasteiger partial charge in [-0.05, 0) is 49.2 Å². The lowest BCUT2D eigenvalue weighted by Gasteiger charge is -2.09. The fourth-order valence-electron chi connectivity index (χ4n) is 3.75. The van der Waals surface area contributed by atoms with E-state index in [1.807, 2.05) is 18.2 Å². The third-order valence-corrected chi connectivity index (χ3v) is 5.67. The molecule has 33 heavy (non-hydrogen) atoms. The first kappa shape index (κ1) is 20.5. The Morgan fingerprint density at radius 1 is 1.03 bits per heavy atom.